The third-order valence-corrected chi connectivity index (χ3v) is 5.84. The van der Waals surface area contributed by atoms with Gasteiger partial charge >= 0.3 is 12.1 Å². The number of benzene rings is 2. The molecule has 9 heteroatoms. The number of fused-ring (bicyclic) bond motifs is 1. The van der Waals surface area contributed by atoms with E-state index < -0.39 is 23.8 Å². The molecule has 36 heavy (non-hydrogen) atoms. The van der Waals surface area contributed by atoms with E-state index in [0.717, 1.165) is 28.6 Å². The molecule has 0 bridgehead atoms. The molecule has 1 atom stereocenters. The summed E-state index contributed by atoms with van der Waals surface area (Å²) < 4.78 is 51.7. The number of nitrogens with zero attached hydrogens (tertiary/aromatic N) is 2. The molecular weight excluding hydrogens is 473 g/mol. The fourth-order valence-corrected chi connectivity index (χ4v) is 3.90. The van der Waals surface area contributed by atoms with Crippen LogP contribution in [-0.2, 0) is 28.7 Å². The molecule has 0 saturated carbocycles. The third-order valence-electron chi connectivity index (χ3n) is 5.84. The summed E-state index contributed by atoms with van der Waals surface area (Å²) in [6.07, 6.45) is -0.948. The van der Waals surface area contributed by atoms with Crippen LogP contribution in [0.15, 0.2) is 71.8 Å². The van der Waals surface area contributed by atoms with Crippen LogP contribution in [0.25, 0.3) is 22.4 Å². The lowest BCUT2D eigenvalue weighted by atomic mass is 10.1. The quantitative estimate of drug-likeness (QED) is 0.206. The van der Waals surface area contributed by atoms with E-state index in [1.807, 2.05) is 35.0 Å². The number of carboxylic acids is 1. The van der Waals surface area contributed by atoms with Crippen LogP contribution in [-0.4, -0.2) is 33.3 Å². The van der Waals surface area contributed by atoms with Crippen molar-refractivity contribution >= 4 is 16.9 Å². The van der Waals surface area contributed by atoms with Crippen molar-refractivity contribution < 1.29 is 32.2 Å². The summed E-state index contributed by atoms with van der Waals surface area (Å²) in [5, 5.41) is 10.4. The van der Waals surface area contributed by atoms with Crippen molar-refractivity contribution in [2.24, 2.45) is 0 Å². The second-order valence-electron chi connectivity index (χ2n) is 8.41. The highest BCUT2D eigenvalue weighted by Crippen LogP contribution is 2.31. The molecule has 1 unspecified atom stereocenters. The second-order valence-corrected chi connectivity index (χ2v) is 8.41. The van der Waals surface area contributed by atoms with Crippen molar-refractivity contribution in [1.82, 2.24) is 9.55 Å². The first kappa shape index (κ1) is 25.2. The van der Waals surface area contributed by atoms with Gasteiger partial charge in [-0.05, 0) is 66.8 Å². The number of aryl methyl sites for hydroxylation is 1. The van der Waals surface area contributed by atoms with E-state index in [1.54, 1.807) is 13.0 Å². The molecule has 0 spiro atoms. The maximum Gasteiger partial charge on any atom is 0.416 e. The summed E-state index contributed by atoms with van der Waals surface area (Å²) in [4.78, 5) is 16.1. The predicted molar refractivity (Wildman–Crippen MR) is 129 cm³/mol. The molecule has 2 aromatic carbocycles. The number of rotatable bonds is 10. The van der Waals surface area contributed by atoms with E-state index in [4.69, 9.17) is 9.15 Å². The lowest BCUT2D eigenvalue weighted by Crippen LogP contribution is -2.26. The minimum Gasteiger partial charge on any atom is -0.479 e. The average Bonchev–Trinajstić information content (AvgIpc) is 3.41. The maximum atomic E-state index is 12.8. The number of oxazole rings is 1. The highest BCUT2D eigenvalue weighted by atomic mass is 19.4. The van der Waals surface area contributed by atoms with E-state index >= 15 is 0 Å². The second kappa shape index (κ2) is 10.4. The van der Waals surface area contributed by atoms with Gasteiger partial charge in [0.05, 0.1) is 18.7 Å². The van der Waals surface area contributed by atoms with E-state index in [-0.39, 0.29) is 12.3 Å². The van der Waals surface area contributed by atoms with Crippen LogP contribution in [0.5, 0.6) is 0 Å². The van der Waals surface area contributed by atoms with Gasteiger partial charge in [0.2, 0.25) is 5.89 Å². The van der Waals surface area contributed by atoms with Crippen LogP contribution in [0.4, 0.5) is 13.2 Å². The summed E-state index contributed by atoms with van der Waals surface area (Å²) in [6.45, 7) is 6.07. The molecular formula is C27H25F3N2O4. The van der Waals surface area contributed by atoms with Crippen LogP contribution in [0.2, 0.25) is 0 Å². The highest BCUT2D eigenvalue weighted by Gasteiger charge is 2.30. The third kappa shape index (κ3) is 5.68. The zero-order chi connectivity index (χ0) is 25.9. The zero-order valence-corrected chi connectivity index (χ0v) is 19.6. The first-order valence-corrected chi connectivity index (χ1v) is 11.3. The van der Waals surface area contributed by atoms with Crippen molar-refractivity contribution in [2.75, 3.05) is 6.61 Å². The molecule has 4 rings (SSSR count). The molecule has 0 aliphatic carbocycles. The Labute approximate surface area is 205 Å². The van der Waals surface area contributed by atoms with E-state index in [1.165, 1.54) is 12.1 Å². The molecule has 2 heterocycles. The Hall–Kier alpha value is -3.85. The standard InChI is InChI=1S/C27H25F3N2O4/c1-3-4-13-35-24(26(33)34)15-18-5-10-23-20(14-18)11-12-32(23)16-22-17(2)36-25(31-22)19-6-8-21(9-7-19)27(28,29)30/h3,5-12,14,24H,1,4,13,15-16H2,2H3,(H,33,34). The zero-order valence-electron chi connectivity index (χ0n) is 19.6. The molecule has 4 aromatic rings. The smallest absolute Gasteiger partial charge is 0.416 e. The molecule has 0 fully saturated rings. The number of aliphatic carboxylic acids is 1. The first-order valence-electron chi connectivity index (χ1n) is 11.3. The molecule has 0 radical (unpaired) electrons. The lowest BCUT2D eigenvalue weighted by molar-refractivity contribution is -0.150. The monoisotopic (exact) mass is 498 g/mol. The molecule has 0 amide bonds. The normalized spacial score (nSPS) is 12.7. The fourth-order valence-electron chi connectivity index (χ4n) is 3.90. The Morgan fingerprint density at radius 3 is 2.64 bits per heavy atom. The number of alkyl halides is 3. The fraction of sp³-hybridized carbons (Fsp3) is 0.259. The van der Waals surface area contributed by atoms with Gasteiger partial charge in [-0.1, -0.05) is 12.1 Å². The van der Waals surface area contributed by atoms with Gasteiger partial charge < -0.3 is 18.8 Å². The topological polar surface area (TPSA) is 77.5 Å². The number of ether oxygens (including phenoxy) is 1. The van der Waals surface area contributed by atoms with Crippen LogP contribution < -0.4 is 0 Å². The van der Waals surface area contributed by atoms with Gasteiger partial charge in [-0.25, -0.2) is 9.78 Å². The Bertz CT molecular complexity index is 1370. The maximum absolute atomic E-state index is 12.8. The number of aromatic nitrogens is 2. The van der Waals surface area contributed by atoms with Crippen LogP contribution >= 0.6 is 0 Å². The van der Waals surface area contributed by atoms with E-state index in [0.29, 0.717) is 36.6 Å². The summed E-state index contributed by atoms with van der Waals surface area (Å²) in [6, 6.07) is 12.3. The SMILES string of the molecule is C=CCCOC(Cc1ccc2c(ccn2Cc2nc(-c3ccc(C(F)(F)F)cc3)oc2C)c1)C(=O)O. The first-order chi connectivity index (χ1) is 17.2. The van der Waals surface area contributed by atoms with E-state index in [2.05, 4.69) is 11.6 Å². The number of halogens is 3. The van der Waals surface area contributed by atoms with Crippen molar-refractivity contribution in [2.45, 2.75) is 38.6 Å². The number of hydrogen-bond donors (Lipinski definition) is 1. The summed E-state index contributed by atoms with van der Waals surface area (Å²) in [7, 11) is 0. The molecule has 6 nitrogen and oxygen atoms in total. The molecule has 2 aromatic heterocycles. The van der Waals surface area contributed by atoms with Gasteiger partial charge in [0.1, 0.15) is 11.5 Å². The van der Waals surface area contributed by atoms with Crippen LogP contribution in [0.3, 0.4) is 0 Å². The summed E-state index contributed by atoms with van der Waals surface area (Å²) >= 11 is 0. The lowest BCUT2D eigenvalue weighted by Gasteiger charge is -2.13. The Morgan fingerprint density at radius 1 is 1.22 bits per heavy atom. The van der Waals surface area contributed by atoms with Crippen molar-refractivity contribution in [1.29, 1.82) is 0 Å². The van der Waals surface area contributed by atoms with Crippen molar-refractivity contribution in [3.8, 4) is 11.5 Å². The van der Waals surface area contributed by atoms with Gasteiger partial charge in [-0.3, -0.25) is 0 Å². The predicted octanol–water partition coefficient (Wildman–Crippen LogP) is 6.26. The Kier molecular flexibility index (Phi) is 7.30. The largest absolute Gasteiger partial charge is 0.479 e. The van der Waals surface area contributed by atoms with Crippen molar-refractivity contribution in [3.05, 3.63) is 90.0 Å². The van der Waals surface area contributed by atoms with Gasteiger partial charge in [-0.2, -0.15) is 13.2 Å². The Morgan fingerprint density at radius 2 is 1.97 bits per heavy atom. The summed E-state index contributed by atoms with van der Waals surface area (Å²) in [5.41, 5.74) is 2.16. The molecule has 188 valence electrons. The van der Waals surface area contributed by atoms with Crippen LogP contribution in [0, 0.1) is 6.92 Å². The van der Waals surface area contributed by atoms with Gasteiger partial charge in [0.25, 0.3) is 0 Å². The minimum atomic E-state index is -4.40. The minimum absolute atomic E-state index is 0.243. The Balaban J connectivity index is 1.50. The number of carboxylic acid groups (broad SMARTS) is 1. The molecule has 1 N–H and O–H groups in total. The summed E-state index contributed by atoms with van der Waals surface area (Å²) in [5.74, 6) is -0.183. The van der Waals surface area contributed by atoms with Gasteiger partial charge in [0, 0.05) is 23.7 Å². The van der Waals surface area contributed by atoms with Gasteiger partial charge in [-0.15, -0.1) is 6.58 Å². The van der Waals surface area contributed by atoms with Crippen molar-refractivity contribution in [3.63, 3.8) is 0 Å². The van der Waals surface area contributed by atoms with E-state index in [9.17, 15) is 23.1 Å². The molecule has 0 saturated heterocycles. The molecule has 0 aliphatic heterocycles. The van der Waals surface area contributed by atoms with Gasteiger partial charge in [0.15, 0.2) is 6.10 Å². The average molecular weight is 499 g/mol. The molecule has 0 aliphatic rings. The highest BCUT2D eigenvalue weighted by molar-refractivity contribution is 5.81. The number of hydrogen-bond acceptors (Lipinski definition) is 4. The van der Waals surface area contributed by atoms with Crippen LogP contribution in [0.1, 0.15) is 29.0 Å². The number of carbonyl (C=O) groups is 1.